The van der Waals surface area contributed by atoms with E-state index in [4.69, 9.17) is 9.84 Å². The van der Waals surface area contributed by atoms with Gasteiger partial charge >= 0.3 is 0 Å². The van der Waals surface area contributed by atoms with Crippen molar-refractivity contribution in [1.29, 1.82) is 0 Å². The number of carbonyl (C=O) groups excluding carboxylic acids is 1. The lowest BCUT2D eigenvalue weighted by atomic mass is 10.0. The van der Waals surface area contributed by atoms with Gasteiger partial charge in [0, 0.05) is 37.0 Å². The Hall–Kier alpha value is -2.81. The maximum Gasteiger partial charge on any atom is 0.165 e. The number of hydrogen-bond donors (Lipinski definition) is 3. The third-order valence-corrected chi connectivity index (χ3v) is 4.22. The summed E-state index contributed by atoms with van der Waals surface area (Å²) in [5, 5.41) is 19.5. The number of aliphatic hydroxyl groups is 1. The molecular formula is C20H25N5O3. The summed E-state index contributed by atoms with van der Waals surface area (Å²) in [6.45, 7) is 4.76. The summed E-state index contributed by atoms with van der Waals surface area (Å²) in [7, 11) is 0. The van der Waals surface area contributed by atoms with Crippen LogP contribution < -0.4 is 10.6 Å². The van der Waals surface area contributed by atoms with E-state index in [9.17, 15) is 4.79 Å². The third-order valence-electron chi connectivity index (χ3n) is 4.22. The molecule has 0 fully saturated rings. The van der Waals surface area contributed by atoms with E-state index in [1.54, 1.807) is 23.7 Å². The fourth-order valence-electron chi connectivity index (χ4n) is 2.79. The molecule has 3 aromatic rings. The smallest absolute Gasteiger partial charge is 0.165 e. The summed E-state index contributed by atoms with van der Waals surface area (Å²) in [6, 6.07) is 9.37. The summed E-state index contributed by atoms with van der Waals surface area (Å²) in [6.07, 6.45) is 3.62. The largest absolute Gasteiger partial charge is 0.394 e. The highest BCUT2D eigenvalue weighted by Gasteiger charge is 2.10. The minimum absolute atomic E-state index is 0.0305. The molecule has 0 atom stereocenters. The van der Waals surface area contributed by atoms with Crippen LogP contribution in [0.15, 0.2) is 42.7 Å². The van der Waals surface area contributed by atoms with E-state index < -0.39 is 0 Å². The standard InChI is InChI=1S/C20H25N5O3/c1-15(27)16-3-2-4-17(13-16)18-14-23-25-9-5-19(24-20(18)25)22-7-6-21-8-11-28-12-10-26/h2-5,9,13-14,21,26H,6-8,10-12H2,1H3,(H,22,24). The number of ether oxygens (including phenoxy) is 1. The molecular weight excluding hydrogens is 358 g/mol. The molecule has 0 aliphatic heterocycles. The average molecular weight is 383 g/mol. The number of nitrogens with one attached hydrogen (secondary N) is 2. The van der Waals surface area contributed by atoms with Gasteiger partial charge in [-0.1, -0.05) is 18.2 Å². The third kappa shape index (κ3) is 5.13. The van der Waals surface area contributed by atoms with Crippen molar-refractivity contribution < 1.29 is 14.6 Å². The van der Waals surface area contributed by atoms with Crippen molar-refractivity contribution in [3.63, 3.8) is 0 Å². The SMILES string of the molecule is CC(=O)c1cccc(-c2cnn3ccc(NCCNCCOCCO)nc23)c1. The maximum absolute atomic E-state index is 11.7. The molecule has 8 nitrogen and oxygen atoms in total. The molecule has 2 aromatic heterocycles. The number of hydrogen-bond acceptors (Lipinski definition) is 7. The predicted octanol–water partition coefficient (Wildman–Crippen LogP) is 1.61. The van der Waals surface area contributed by atoms with Gasteiger partial charge in [0.2, 0.25) is 0 Å². The zero-order valence-electron chi connectivity index (χ0n) is 15.9. The number of fused-ring (bicyclic) bond motifs is 1. The molecule has 1 aromatic carbocycles. The molecule has 28 heavy (non-hydrogen) atoms. The molecule has 3 N–H and O–H groups in total. The predicted molar refractivity (Wildman–Crippen MR) is 108 cm³/mol. The number of aromatic nitrogens is 3. The van der Waals surface area contributed by atoms with E-state index in [2.05, 4.69) is 20.7 Å². The number of Topliss-reactive ketones (excluding diaryl/α,β-unsaturated/α-hetero) is 1. The van der Waals surface area contributed by atoms with E-state index in [1.165, 1.54) is 0 Å². The van der Waals surface area contributed by atoms with Gasteiger partial charge in [0.1, 0.15) is 5.82 Å². The van der Waals surface area contributed by atoms with Crippen LogP contribution in [0.1, 0.15) is 17.3 Å². The Balaban J connectivity index is 1.63. The first-order valence-corrected chi connectivity index (χ1v) is 9.28. The van der Waals surface area contributed by atoms with Crippen LogP contribution in [0.4, 0.5) is 5.82 Å². The number of anilines is 1. The molecule has 0 unspecified atom stereocenters. The van der Waals surface area contributed by atoms with Crippen molar-refractivity contribution in [1.82, 2.24) is 19.9 Å². The Morgan fingerprint density at radius 2 is 2.11 bits per heavy atom. The zero-order chi connectivity index (χ0) is 19.8. The minimum Gasteiger partial charge on any atom is -0.394 e. The lowest BCUT2D eigenvalue weighted by Crippen LogP contribution is -2.26. The fraction of sp³-hybridized carbons (Fsp3) is 0.350. The van der Waals surface area contributed by atoms with Gasteiger partial charge in [-0.2, -0.15) is 5.10 Å². The van der Waals surface area contributed by atoms with Crippen LogP contribution in [-0.2, 0) is 4.74 Å². The van der Waals surface area contributed by atoms with Gasteiger partial charge in [-0.05, 0) is 24.6 Å². The topological polar surface area (TPSA) is 101 Å². The van der Waals surface area contributed by atoms with Crippen LogP contribution >= 0.6 is 0 Å². The molecule has 3 rings (SSSR count). The highest BCUT2D eigenvalue weighted by Crippen LogP contribution is 2.25. The van der Waals surface area contributed by atoms with Gasteiger partial charge in [-0.15, -0.1) is 0 Å². The molecule has 2 heterocycles. The molecule has 0 aliphatic rings. The van der Waals surface area contributed by atoms with Gasteiger partial charge in [-0.3, -0.25) is 4.79 Å². The zero-order valence-corrected chi connectivity index (χ0v) is 15.9. The molecule has 0 bridgehead atoms. The Bertz CT molecular complexity index is 925. The lowest BCUT2D eigenvalue weighted by Gasteiger charge is -2.08. The van der Waals surface area contributed by atoms with E-state index in [-0.39, 0.29) is 12.4 Å². The van der Waals surface area contributed by atoms with Crippen molar-refractivity contribution in [2.24, 2.45) is 0 Å². The van der Waals surface area contributed by atoms with Crippen molar-refractivity contribution in [3.8, 4) is 11.1 Å². The van der Waals surface area contributed by atoms with Crippen molar-refractivity contribution >= 4 is 17.2 Å². The number of nitrogens with zero attached hydrogens (tertiary/aromatic N) is 3. The molecule has 0 saturated heterocycles. The van der Waals surface area contributed by atoms with Gasteiger partial charge in [0.15, 0.2) is 11.4 Å². The molecule has 0 radical (unpaired) electrons. The monoisotopic (exact) mass is 383 g/mol. The maximum atomic E-state index is 11.7. The Kier molecular flexibility index (Phi) is 7.07. The van der Waals surface area contributed by atoms with Crippen LogP contribution in [0.3, 0.4) is 0 Å². The molecule has 0 aliphatic carbocycles. The first kappa shape index (κ1) is 19.9. The van der Waals surface area contributed by atoms with Gasteiger partial charge in [-0.25, -0.2) is 9.50 Å². The van der Waals surface area contributed by atoms with E-state index in [1.807, 2.05) is 30.5 Å². The van der Waals surface area contributed by atoms with E-state index in [0.29, 0.717) is 25.3 Å². The Labute approximate surface area is 163 Å². The fourth-order valence-corrected chi connectivity index (χ4v) is 2.79. The second-order valence-electron chi connectivity index (χ2n) is 6.29. The molecule has 148 valence electrons. The highest BCUT2D eigenvalue weighted by atomic mass is 16.5. The molecule has 8 heteroatoms. The van der Waals surface area contributed by atoms with Crippen molar-refractivity contribution in [2.75, 3.05) is 44.8 Å². The van der Waals surface area contributed by atoms with Gasteiger partial charge < -0.3 is 20.5 Å². The number of rotatable bonds is 11. The second-order valence-corrected chi connectivity index (χ2v) is 6.29. The van der Waals surface area contributed by atoms with Crippen LogP contribution in [0, 0.1) is 0 Å². The first-order chi connectivity index (χ1) is 13.7. The second kappa shape index (κ2) is 9.93. The molecule has 0 saturated carbocycles. The van der Waals surface area contributed by atoms with Crippen LogP contribution in [0.25, 0.3) is 16.8 Å². The van der Waals surface area contributed by atoms with Crippen LogP contribution in [-0.4, -0.2) is 64.9 Å². The summed E-state index contributed by atoms with van der Waals surface area (Å²) in [5.74, 6) is 0.790. The minimum atomic E-state index is 0.0305. The van der Waals surface area contributed by atoms with Crippen LogP contribution in [0.5, 0.6) is 0 Å². The first-order valence-electron chi connectivity index (χ1n) is 9.28. The van der Waals surface area contributed by atoms with Crippen LogP contribution in [0.2, 0.25) is 0 Å². The molecule has 0 amide bonds. The molecule has 0 spiro atoms. The Morgan fingerprint density at radius 3 is 2.93 bits per heavy atom. The average Bonchev–Trinajstić information content (AvgIpc) is 3.13. The lowest BCUT2D eigenvalue weighted by molar-refractivity contribution is 0.0941. The van der Waals surface area contributed by atoms with Gasteiger partial charge in [0.25, 0.3) is 0 Å². The number of carbonyl (C=O) groups is 1. The van der Waals surface area contributed by atoms with E-state index >= 15 is 0 Å². The van der Waals surface area contributed by atoms with Crippen molar-refractivity contribution in [3.05, 3.63) is 48.3 Å². The summed E-state index contributed by atoms with van der Waals surface area (Å²) >= 11 is 0. The van der Waals surface area contributed by atoms with Gasteiger partial charge in [0.05, 0.1) is 26.0 Å². The quantitative estimate of drug-likeness (QED) is 0.342. The number of ketones is 1. The normalized spacial score (nSPS) is 11.1. The summed E-state index contributed by atoms with van der Waals surface area (Å²) in [4.78, 5) is 16.3. The highest BCUT2D eigenvalue weighted by molar-refractivity contribution is 5.95. The van der Waals surface area contributed by atoms with E-state index in [0.717, 1.165) is 35.7 Å². The summed E-state index contributed by atoms with van der Waals surface area (Å²) in [5.41, 5.74) is 3.19. The number of aliphatic hydroxyl groups excluding tert-OH is 1. The Morgan fingerprint density at radius 1 is 1.21 bits per heavy atom. The van der Waals surface area contributed by atoms with Crippen molar-refractivity contribution in [2.45, 2.75) is 6.92 Å². The number of benzene rings is 1. The summed E-state index contributed by atoms with van der Waals surface area (Å²) < 4.78 is 6.91.